The summed E-state index contributed by atoms with van der Waals surface area (Å²) in [6, 6.07) is -1.74. The summed E-state index contributed by atoms with van der Waals surface area (Å²) in [5, 5.41) is 14.6. The molecule has 38 heavy (non-hydrogen) atoms. The molecule has 3 N–H and O–H groups in total. The van der Waals surface area contributed by atoms with Crippen molar-refractivity contribution in [3.05, 3.63) is 0 Å². The van der Waals surface area contributed by atoms with E-state index in [2.05, 4.69) is 10.6 Å². The summed E-state index contributed by atoms with van der Waals surface area (Å²) in [5.74, 6) is -0.279. The second-order valence-corrected chi connectivity index (χ2v) is 13.5. The summed E-state index contributed by atoms with van der Waals surface area (Å²) in [6.45, 7) is 1.70. The van der Waals surface area contributed by atoms with E-state index in [1.807, 2.05) is 4.90 Å². The van der Waals surface area contributed by atoms with E-state index in [-0.39, 0.29) is 48.5 Å². The fourth-order valence-corrected chi connectivity index (χ4v) is 8.55. The molecule has 0 bridgehead atoms. The van der Waals surface area contributed by atoms with E-state index >= 15 is 0 Å². The summed E-state index contributed by atoms with van der Waals surface area (Å²) in [6.07, 6.45) is -1.67. The van der Waals surface area contributed by atoms with Crippen molar-refractivity contribution in [2.75, 3.05) is 25.4 Å². The van der Waals surface area contributed by atoms with Gasteiger partial charge < -0.3 is 15.5 Å². The Morgan fingerprint density at radius 3 is 2.47 bits per heavy atom. The van der Waals surface area contributed by atoms with Gasteiger partial charge in [0.05, 0.1) is 0 Å². The highest BCUT2D eigenvalue weighted by Crippen LogP contribution is 2.46. The summed E-state index contributed by atoms with van der Waals surface area (Å²) in [5.41, 5.74) is 0. The van der Waals surface area contributed by atoms with Crippen LogP contribution in [0.4, 0.5) is 22.0 Å². The predicted octanol–water partition coefficient (Wildman–Crippen LogP) is 5.30. The number of carbonyl (C=O) groups excluding carboxylic acids is 1. The summed E-state index contributed by atoms with van der Waals surface area (Å²) in [4.78, 5) is 15.7. The van der Waals surface area contributed by atoms with E-state index in [1.54, 1.807) is 0 Å². The highest BCUT2D eigenvalue weighted by atomic mass is 32.2. The van der Waals surface area contributed by atoms with Crippen molar-refractivity contribution in [2.45, 2.75) is 94.8 Å². The second kappa shape index (κ2) is 11.8. The smallest absolute Gasteiger partial charge is 0.353 e. The van der Waals surface area contributed by atoms with E-state index in [4.69, 9.17) is 5.41 Å². The number of hydrogen-bond donors (Lipinski definition) is 3. The van der Waals surface area contributed by atoms with Gasteiger partial charge in [-0.2, -0.15) is 13.2 Å². The number of amides is 1. The standard InChI is InChI=1S/C27H41F5N4OS/c28-21-6-5-17(13-22(21)29)23(16-3-4-16)35-25(37)19-11-15(14-36-8-9-38-26(36)33)10-18(12-19)20-2-1-7-34-24(20)27(30,31)32/h15-24,33-34H,1-14H2,(H,35,37)/t15?,17?,18?,19?,20?,21?,22?,23-,24?/m0/s1. The molecule has 3 aliphatic carbocycles. The largest absolute Gasteiger partial charge is 0.404 e. The molecule has 0 aromatic heterocycles. The molecule has 0 radical (unpaired) electrons. The van der Waals surface area contributed by atoms with Gasteiger partial charge in [-0.3, -0.25) is 10.2 Å². The van der Waals surface area contributed by atoms with Gasteiger partial charge in [-0.1, -0.05) is 11.8 Å². The lowest BCUT2D eigenvalue weighted by atomic mass is 9.66. The van der Waals surface area contributed by atoms with Gasteiger partial charge in [0.25, 0.3) is 0 Å². The van der Waals surface area contributed by atoms with Gasteiger partial charge in [0, 0.05) is 30.8 Å². The van der Waals surface area contributed by atoms with Crippen molar-refractivity contribution in [1.82, 2.24) is 15.5 Å². The maximum atomic E-state index is 14.2. The van der Waals surface area contributed by atoms with E-state index < -0.39 is 36.4 Å². The first kappa shape index (κ1) is 28.4. The van der Waals surface area contributed by atoms with Crippen molar-refractivity contribution in [3.63, 3.8) is 0 Å². The van der Waals surface area contributed by atoms with E-state index in [0.29, 0.717) is 56.8 Å². The molecule has 9 atom stereocenters. The molecule has 0 spiro atoms. The fraction of sp³-hybridized carbons (Fsp3) is 0.926. The molecule has 2 aliphatic heterocycles. The van der Waals surface area contributed by atoms with Crippen molar-refractivity contribution in [3.8, 4) is 0 Å². The van der Waals surface area contributed by atoms with Crippen LogP contribution in [-0.2, 0) is 4.79 Å². The molecule has 3 saturated carbocycles. The van der Waals surface area contributed by atoms with Crippen molar-refractivity contribution < 1.29 is 26.7 Å². The highest BCUT2D eigenvalue weighted by molar-refractivity contribution is 8.14. The predicted molar refractivity (Wildman–Crippen MR) is 138 cm³/mol. The van der Waals surface area contributed by atoms with E-state index in [0.717, 1.165) is 25.1 Å². The van der Waals surface area contributed by atoms with Crippen LogP contribution in [-0.4, -0.2) is 72.0 Å². The number of rotatable bonds is 7. The Kier molecular flexibility index (Phi) is 8.82. The number of thioether (sulfide) groups is 1. The number of halogens is 5. The number of carbonyl (C=O) groups is 1. The molecule has 5 rings (SSSR count). The average molecular weight is 565 g/mol. The van der Waals surface area contributed by atoms with Crippen LogP contribution in [0.3, 0.4) is 0 Å². The minimum Gasteiger partial charge on any atom is -0.353 e. The number of amidine groups is 1. The van der Waals surface area contributed by atoms with Gasteiger partial charge in [0.2, 0.25) is 5.91 Å². The van der Waals surface area contributed by atoms with Crippen molar-refractivity contribution in [2.24, 2.45) is 35.5 Å². The molecule has 0 aromatic carbocycles. The first-order valence-corrected chi connectivity index (χ1v) is 15.4. The minimum absolute atomic E-state index is 0.0379. The lowest BCUT2D eigenvalue weighted by Gasteiger charge is -2.44. The van der Waals surface area contributed by atoms with Gasteiger partial charge >= 0.3 is 6.18 Å². The van der Waals surface area contributed by atoms with Crippen molar-refractivity contribution in [1.29, 1.82) is 5.41 Å². The summed E-state index contributed by atoms with van der Waals surface area (Å²) in [7, 11) is 0. The number of piperidine rings is 1. The van der Waals surface area contributed by atoms with E-state index in [9.17, 15) is 26.7 Å². The molecule has 11 heteroatoms. The Balaban J connectivity index is 1.31. The quantitative estimate of drug-likeness (QED) is 0.367. The molecule has 8 unspecified atom stereocenters. The maximum Gasteiger partial charge on any atom is 0.404 e. The Morgan fingerprint density at radius 2 is 1.82 bits per heavy atom. The molecule has 5 aliphatic rings. The van der Waals surface area contributed by atoms with Crippen LogP contribution >= 0.6 is 11.8 Å². The van der Waals surface area contributed by atoms with Gasteiger partial charge in [-0.15, -0.1) is 0 Å². The van der Waals surface area contributed by atoms with Crippen LogP contribution < -0.4 is 10.6 Å². The third-order valence-corrected chi connectivity index (χ3v) is 10.6. The number of hydrogen-bond acceptors (Lipinski definition) is 4. The van der Waals surface area contributed by atoms with Crippen LogP contribution in [0, 0.1) is 40.9 Å². The Labute approximate surface area is 226 Å². The number of alkyl halides is 5. The van der Waals surface area contributed by atoms with Gasteiger partial charge in [0.1, 0.15) is 18.4 Å². The third kappa shape index (κ3) is 6.61. The van der Waals surface area contributed by atoms with Crippen LogP contribution in [0.15, 0.2) is 0 Å². The van der Waals surface area contributed by atoms with Crippen LogP contribution in [0.2, 0.25) is 0 Å². The van der Waals surface area contributed by atoms with E-state index in [1.165, 1.54) is 11.8 Å². The molecule has 2 saturated heterocycles. The van der Waals surface area contributed by atoms with Gasteiger partial charge in [0.15, 0.2) is 5.17 Å². The molecule has 5 fully saturated rings. The van der Waals surface area contributed by atoms with Crippen LogP contribution in [0.1, 0.15) is 64.2 Å². The summed E-state index contributed by atoms with van der Waals surface area (Å²) < 4.78 is 69.9. The Morgan fingerprint density at radius 1 is 1.05 bits per heavy atom. The first-order valence-electron chi connectivity index (χ1n) is 14.4. The molecule has 1 amide bonds. The third-order valence-electron chi connectivity index (χ3n) is 9.72. The number of nitrogens with one attached hydrogen (secondary N) is 3. The lowest BCUT2D eigenvalue weighted by Crippen LogP contribution is -2.55. The summed E-state index contributed by atoms with van der Waals surface area (Å²) >= 11 is 1.48. The Hall–Kier alpha value is -1.10. The first-order chi connectivity index (χ1) is 18.1. The zero-order chi connectivity index (χ0) is 27.0. The number of nitrogens with zero attached hydrogens (tertiary/aromatic N) is 1. The lowest BCUT2D eigenvalue weighted by molar-refractivity contribution is -0.179. The topological polar surface area (TPSA) is 68.2 Å². The zero-order valence-electron chi connectivity index (χ0n) is 21.8. The fourth-order valence-electron chi connectivity index (χ4n) is 7.70. The molecular formula is C27H41F5N4OS. The zero-order valence-corrected chi connectivity index (χ0v) is 22.6. The molecule has 216 valence electrons. The molecular weight excluding hydrogens is 523 g/mol. The van der Waals surface area contributed by atoms with Gasteiger partial charge in [-0.25, -0.2) is 8.78 Å². The maximum absolute atomic E-state index is 14.2. The van der Waals surface area contributed by atoms with Crippen LogP contribution in [0.5, 0.6) is 0 Å². The van der Waals surface area contributed by atoms with Crippen molar-refractivity contribution >= 4 is 22.8 Å². The molecule has 2 heterocycles. The second-order valence-electron chi connectivity index (χ2n) is 12.4. The highest BCUT2D eigenvalue weighted by Gasteiger charge is 2.50. The Bertz CT molecular complexity index is 858. The van der Waals surface area contributed by atoms with Crippen LogP contribution in [0.25, 0.3) is 0 Å². The monoisotopic (exact) mass is 564 g/mol. The molecule has 0 aromatic rings. The SMILES string of the molecule is N=C1SCCN1CC1CC(C(=O)N[C@@H](C2CC2)C2CCC(F)C(F)C2)CC(C2CCCNC2C(F)(F)F)C1. The molecule has 5 nitrogen and oxygen atoms in total. The average Bonchev–Trinajstić information content (AvgIpc) is 3.65. The minimum atomic E-state index is -4.33. The van der Waals surface area contributed by atoms with Gasteiger partial charge in [-0.05, 0) is 100 Å². The normalized spacial score (nSPS) is 39.7.